The van der Waals surface area contributed by atoms with Crippen molar-refractivity contribution >= 4 is 27.6 Å². The molecule has 0 saturated heterocycles. The number of anilines is 1. The standard InChI is InChI=1S/C27H30N2O5S/c1-5-25(30)28-23-8-6-7-22(16-23)21-11-9-20(10-12-21)15-24(27(31)32)29-35(33,34)26-18(3)13-17(2)14-19(26)4/h6-14,16,24,29H,5,15H2,1-4H3,(H,28,30)(H,31,32). The first-order valence-electron chi connectivity index (χ1n) is 11.3. The van der Waals surface area contributed by atoms with Gasteiger partial charge in [0.05, 0.1) is 4.90 Å². The van der Waals surface area contributed by atoms with Crippen LogP contribution in [-0.2, 0) is 26.0 Å². The Morgan fingerprint density at radius 2 is 1.54 bits per heavy atom. The molecule has 3 aromatic rings. The number of hydrogen-bond acceptors (Lipinski definition) is 4. The van der Waals surface area contributed by atoms with Crippen LogP contribution in [0.5, 0.6) is 0 Å². The maximum atomic E-state index is 13.1. The summed E-state index contributed by atoms with van der Waals surface area (Å²) in [5.41, 5.74) is 5.23. The number of aryl methyl sites for hydroxylation is 3. The molecule has 0 heterocycles. The van der Waals surface area contributed by atoms with Crippen LogP contribution in [0.25, 0.3) is 11.1 Å². The zero-order valence-corrected chi connectivity index (χ0v) is 21.1. The number of carboxylic acids is 1. The van der Waals surface area contributed by atoms with Crippen molar-refractivity contribution in [2.24, 2.45) is 0 Å². The lowest BCUT2D eigenvalue weighted by Crippen LogP contribution is -2.42. The molecule has 0 aromatic heterocycles. The summed E-state index contributed by atoms with van der Waals surface area (Å²) in [5, 5.41) is 12.5. The number of aliphatic carboxylic acids is 1. The van der Waals surface area contributed by atoms with Crippen molar-refractivity contribution in [1.82, 2.24) is 4.72 Å². The predicted molar refractivity (Wildman–Crippen MR) is 137 cm³/mol. The summed E-state index contributed by atoms with van der Waals surface area (Å²) in [6.45, 7) is 7.06. The normalized spacial score (nSPS) is 12.2. The van der Waals surface area contributed by atoms with Gasteiger partial charge in [-0.3, -0.25) is 9.59 Å². The van der Waals surface area contributed by atoms with E-state index >= 15 is 0 Å². The highest BCUT2D eigenvalue weighted by Crippen LogP contribution is 2.25. The van der Waals surface area contributed by atoms with E-state index < -0.39 is 22.0 Å². The number of carbonyl (C=O) groups is 2. The minimum absolute atomic E-state index is 0.00853. The summed E-state index contributed by atoms with van der Waals surface area (Å²) in [7, 11) is -4.04. The van der Waals surface area contributed by atoms with Crippen molar-refractivity contribution in [3.05, 3.63) is 82.9 Å². The fourth-order valence-corrected chi connectivity index (χ4v) is 5.75. The Labute approximate surface area is 206 Å². The molecular weight excluding hydrogens is 464 g/mol. The molecule has 0 saturated carbocycles. The van der Waals surface area contributed by atoms with Crippen molar-refractivity contribution in [2.75, 3.05) is 5.32 Å². The zero-order valence-electron chi connectivity index (χ0n) is 20.3. The van der Waals surface area contributed by atoms with E-state index in [1.165, 1.54) is 0 Å². The molecule has 35 heavy (non-hydrogen) atoms. The highest BCUT2D eigenvalue weighted by atomic mass is 32.2. The molecule has 8 heteroatoms. The van der Waals surface area contributed by atoms with E-state index in [1.807, 2.05) is 43.3 Å². The number of rotatable bonds is 9. The Morgan fingerprint density at radius 3 is 2.11 bits per heavy atom. The molecule has 7 nitrogen and oxygen atoms in total. The molecule has 0 bridgehead atoms. The molecule has 3 rings (SSSR count). The van der Waals surface area contributed by atoms with E-state index in [-0.39, 0.29) is 17.2 Å². The van der Waals surface area contributed by atoms with E-state index in [1.54, 1.807) is 45.0 Å². The fourth-order valence-electron chi connectivity index (χ4n) is 4.11. The lowest BCUT2D eigenvalue weighted by molar-refractivity contribution is -0.138. The van der Waals surface area contributed by atoms with Crippen molar-refractivity contribution in [3.8, 4) is 11.1 Å². The number of nitrogens with one attached hydrogen (secondary N) is 2. The Kier molecular flexibility index (Phi) is 8.09. The summed E-state index contributed by atoms with van der Waals surface area (Å²) in [5.74, 6) is -1.32. The van der Waals surface area contributed by atoms with Crippen LogP contribution >= 0.6 is 0 Å². The monoisotopic (exact) mass is 494 g/mol. The molecule has 3 N–H and O–H groups in total. The summed E-state index contributed by atoms with van der Waals surface area (Å²) >= 11 is 0. The van der Waals surface area contributed by atoms with Crippen LogP contribution in [0.4, 0.5) is 5.69 Å². The van der Waals surface area contributed by atoms with Gasteiger partial charge in [0.1, 0.15) is 6.04 Å². The summed E-state index contributed by atoms with van der Waals surface area (Å²) in [4.78, 5) is 23.7. The SMILES string of the molecule is CCC(=O)Nc1cccc(-c2ccc(CC(NS(=O)(=O)c3c(C)cc(C)cc3C)C(=O)O)cc2)c1. The largest absolute Gasteiger partial charge is 0.480 e. The average molecular weight is 495 g/mol. The van der Waals surface area contributed by atoms with Crippen LogP contribution < -0.4 is 10.0 Å². The van der Waals surface area contributed by atoms with Crippen LogP contribution in [0.2, 0.25) is 0 Å². The van der Waals surface area contributed by atoms with E-state index in [0.29, 0.717) is 28.8 Å². The van der Waals surface area contributed by atoms with Crippen LogP contribution in [0.1, 0.15) is 35.6 Å². The Bertz CT molecular complexity index is 1330. The van der Waals surface area contributed by atoms with Crippen molar-refractivity contribution < 1.29 is 23.1 Å². The molecule has 0 radical (unpaired) electrons. The van der Waals surface area contributed by atoms with Crippen LogP contribution in [0, 0.1) is 20.8 Å². The third-order valence-electron chi connectivity index (χ3n) is 5.66. The molecule has 0 fully saturated rings. The Balaban J connectivity index is 1.79. The van der Waals surface area contributed by atoms with Crippen molar-refractivity contribution in [1.29, 1.82) is 0 Å². The maximum absolute atomic E-state index is 13.1. The molecular formula is C27H30N2O5S. The van der Waals surface area contributed by atoms with Gasteiger partial charge >= 0.3 is 5.97 Å². The first-order chi connectivity index (χ1) is 16.5. The minimum atomic E-state index is -4.04. The molecule has 0 aliphatic rings. The van der Waals surface area contributed by atoms with E-state index in [0.717, 1.165) is 16.7 Å². The molecule has 184 valence electrons. The smallest absolute Gasteiger partial charge is 0.322 e. The zero-order chi connectivity index (χ0) is 25.8. The second-order valence-corrected chi connectivity index (χ2v) is 10.3. The second kappa shape index (κ2) is 10.8. The molecule has 1 amide bonds. The lowest BCUT2D eigenvalue weighted by atomic mass is 10.0. The van der Waals surface area contributed by atoms with Gasteiger partial charge in [-0.25, -0.2) is 8.42 Å². The summed E-state index contributed by atoms with van der Waals surface area (Å²) < 4.78 is 28.5. The molecule has 0 aliphatic heterocycles. The lowest BCUT2D eigenvalue weighted by Gasteiger charge is -2.18. The van der Waals surface area contributed by atoms with Gasteiger partial charge in [-0.1, -0.05) is 61.0 Å². The first-order valence-corrected chi connectivity index (χ1v) is 12.8. The van der Waals surface area contributed by atoms with Gasteiger partial charge in [0.2, 0.25) is 15.9 Å². The van der Waals surface area contributed by atoms with E-state index in [4.69, 9.17) is 0 Å². The van der Waals surface area contributed by atoms with Crippen molar-refractivity contribution in [2.45, 2.75) is 51.5 Å². The van der Waals surface area contributed by atoms with Crippen molar-refractivity contribution in [3.63, 3.8) is 0 Å². The Morgan fingerprint density at radius 1 is 0.914 bits per heavy atom. The number of carbonyl (C=O) groups excluding carboxylic acids is 1. The first kappa shape index (κ1) is 26.1. The van der Waals surface area contributed by atoms with Gasteiger partial charge < -0.3 is 10.4 Å². The maximum Gasteiger partial charge on any atom is 0.322 e. The number of carboxylic acid groups (broad SMARTS) is 1. The van der Waals surface area contributed by atoms with Crippen LogP contribution in [0.3, 0.4) is 0 Å². The molecule has 1 unspecified atom stereocenters. The van der Waals surface area contributed by atoms with Gasteiger partial charge in [-0.2, -0.15) is 4.72 Å². The van der Waals surface area contributed by atoms with Gasteiger partial charge in [0.25, 0.3) is 0 Å². The molecule has 3 aromatic carbocycles. The number of sulfonamides is 1. The van der Waals surface area contributed by atoms with Gasteiger partial charge in [0.15, 0.2) is 0 Å². The predicted octanol–water partition coefficient (Wildman–Crippen LogP) is 4.60. The second-order valence-electron chi connectivity index (χ2n) is 8.62. The average Bonchev–Trinajstić information content (AvgIpc) is 2.78. The van der Waals surface area contributed by atoms with E-state index in [2.05, 4.69) is 10.0 Å². The summed E-state index contributed by atoms with van der Waals surface area (Å²) in [6.07, 6.45) is 0.377. The minimum Gasteiger partial charge on any atom is -0.480 e. The Hall–Kier alpha value is -3.49. The molecule has 1 atom stereocenters. The van der Waals surface area contributed by atoms with E-state index in [9.17, 15) is 23.1 Å². The van der Waals surface area contributed by atoms with Gasteiger partial charge in [0, 0.05) is 12.1 Å². The number of hydrogen-bond donors (Lipinski definition) is 3. The van der Waals surface area contributed by atoms with Crippen LogP contribution in [0.15, 0.2) is 65.6 Å². The summed E-state index contributed by atoms with van der Waals surface area (Å²) in [6, 6.07) is 16.9. The highest BCUT2D eigenvalue weighted by molar-refractivity contribution is 7.89. The number of amides is 1. The van der Waals surface area contributed by atoms with Crippen LogP contribution in [-0.4, -0.2) is 31.4 Å². The molecule has 0 aliphatic carbocycles. The quantitative estimate of drug-likeness (QED) is 0.402. The van der Waals surface area contributed by atoms with Gasteiger partial charge in [-0.15, -0.1) is 0 Å². The number of benzene rings is 3. The third kappa shape index (κ3) is 6.55. The highest BCUT2D eigenvalue weighted by Gasteiger charge is 2.28. The fraction of sp³-hybridized carbons (Fsp3) is 0.259. The van der Waals surface area contributed by atoms with Gasteiger partial charge in [-0.05, 0) is 67.1 Å². The third-order valence-corrected chi connectivity index (χ3v) is 7.44. The molecule has 0 spiro atoms. The topological polar surface area (TPSA) is 113 Å².